The fourth-order valence-electron chi connectivity index (χ4n) is 1.29. The minimum atomic E-state index is 0.589. The molecule has 1 saturated carbocycles. The minimum absolute atomic E-state index is 0.589. The summed E-state index contributed by atoms with van der Waals surface area (Å²) in [6.45, 7) is 5.77. The molecule has 0 unspecified atom stereocenters. The van der Waals surface area contributed by atoms with E-state index in [1.807, 2.05) is 8.93 Å². The van der Waals surface area contributed by atoms with Crippen molar-refractivity contribution in [2.75, 3.05) is 6.54 Å². The second-order valence-corrected chi connectivity index (χ2v) is 7.35. The van der Waals surface area contributed by atoms with Crippen LogP contribution in [0, 0.1) is 0 Å². The first-order valence-electron chi connectivity index (χ1n) is 4.32. The fraction of sp³-hybridized carbons (Fsp3) is 1.00. The van der Waals surface area contributed by atoms with Gasteiger partial charge in [0.1, 0.15) is 0 Å². The summed E-state index contributed by atoms with van der Waals surface area (Å²) in [7, 11) is 2.03. The van der Waals surface area contributed by atoms with Gasteiger partial charge in [-0.05, 0) is 47.9 Å². The number of nitrogens with zero attached hydrogens (tertiary/aromatic N) is 1. The van der Waals surface area contributed by atoms with Crippen molar-refractivity contribution in [1.29, 1.82) is 0 Å². The van der Waals surface area contributed by atoms with Crippen molar-refractivity contribution in [1.82, 2.24) is 3.11 Å². The summed E-state index contributed by atoms with van der Waals surface area (Å²) in [6.07, 6.45) is 4.25. The van der Waals surface area contributed by atoms with Crippen molar-refractivity contribution >= 4 is 53.0 Å². The monoisotopic (exact) mass is 411 g/mol. The lowest BCUT2D eigenvalue weighted by atomic mass is 9.84. The highest BCUT2D eigenvalue weighted by Crippen LogP contribution is 2.48. The first kappa shape index (κ1) is 11.8. The summed E-state index contributed by atoms with van der Waals surface area (Å²) in [5.74, 6) is 0. The van der Waals surface area contributed by atoms with Crippen molar-refractivity contribution in [2.45, 2.75) is 43.9 Å². The lowest BCUT2D eigenvalue weighted by Crippen LogP contribution is -2.43. The Labute approximate surface area is 105 Å². The summed E-state index contributed by atoms with van der Waals surface area (Å²) in [5, 5.41) is 0. The molecule has 0 aromatic rings. The molecule has 1 nitrogen and oxygen atoms in total. The first-order valence-corrected chi connectivity index (χ1v) is 8.64. The zero-order chi connectivity index (χ0) is 9.19. The molecule has 0 saturated heterocycles. The van der Waals surface area contributed by atoms with E-state index in [0.717, 1.165) is 0 Å². The Kier molecular flexibility index (Phi) is 4.96. The van der Waals surface area contributed by atoms with Crippen LogP contribution in [0.25, 0.3) is 0 Å². The van der Waals surface area contributed by atoms with Crippen molar-refractivity contribution in [2.24, 2.45) is 0 Å². The summed E-state index contributed by atoms with van der Waals surface area (Å²) in [6, 6.07) is 0.673. The van der Waals surface area contributed by atoms with Gasteiger partial charge in [0.2, 0.25) is 0 Å². The summed E-state index contributed by atoms with van der Waals surface area (Å²) in [4.78, 5) is 0. The molecule has 72 valence electrons. The van der Waals surface area contributed by atoms with Crippen LogP contribution in [0.5, 0.6) is 0 Å². The van der Waals surface area contributed by atoms with Gasteiger partial charge in [0.15, 0.2) is 0 Å². The topological polar surface area (TPSA) is 3.24 Å². The Hall–Kier alpha value is 1.77. The molecule has 1 aliphatic rings. The molecule has 0 amide bonds. The SMILES string of the molecule is CC(C)N(I)CC1(SI)CCC1. The van der Waals surface area contributed by atoms with E-state index in [1.165, 1.54) is 25.8 Å². The van der Waals surface area contributed by atoms with Gasteiger partial charge in [-0.15, -0.1) is 0 Å². The van der Waals surface area contributed by atoms with E-state index in [1.54, 1.807) is 0 Å². The molecule has 0 bridgehead atoms. The van der Waals surface area contributed by atoms with E-state index in [2.05, 4.69) is 61.0 Å². The summed E-state index contributed by atoms with van der Waals surface area (Å²) >= 11 is 4.91. The van der Waals surface area contributed by atoms with Crippen LogP contribution in [0.4, 0.5) is 0 Å². The Morgan fingerprint density at radius 2 is 2.08 bits per heavy atom. The molecular formula is C8H15I2NS. The third-order valence-corrected chi connectivity index (χ3v) is 7.55. The van der Waals surface area contributed by atoms with Crippen LogP contribution in [0.2, 0.25) is 0 Å². The Bertz CT molecular complexity index is 142. The second kappa shape index (κ2) is 5.02. The molecule has 0 N–H and O–H groups in total. The van der Waals surface area contributed by atoms with E-state index in [4.69, 9.17) is 0 Å². The molecule has 1 rings (SSSR count). The quantitative estimate of drug-likeness (QED) is 0.508. The van der Waals surface area contributed by atoms with Gasteiger partial charge in [0.05, 0.1) is 0 Å². The highest BCUT2D eigenvalue weighted by molar-refractivity contribution is 14.2. The summed E-state index contributed by atoms with van der Waals surface area (Å²) < 4.78 is 3.02. The lowest BCUT2D eigenvalue weighted by Gasteiger charge is -2.42. The second-order valence-electron chi connectivity index (χ2n) is 3.77. The molecule has 0 atom stereocenters. The maximum absolute atomic E-state index is 2.46. The van der Waals surface area contributed by atoms with Gasteiger partial charge in [-0.1, -0.05) is 15.4 Å². The van der Waals surface area contributed by atoms with Crippen LogP contribution in [0.15, 0.2) is 0 Å². The average Bonchev–Trinajstić information content (AvgIpc) is 1.96. The van der Waals surface area contributed by atoms with E-state index >= 15 is 0 Å². The molecule has 0 spiro atoms. The Morgan fingerprint density at radius 1 is 1.50 bits per heavy atom. The predicted molar refractivity (Wildman–Crippen MR) is 74.1 cm³/mol. The van der Waals surface area contributed by atoms with Gasteiger partial charge >= 0.3 is 0 Å². The number of rotatable bonds is 4. The third kappa shape index (κ3) is 2.88. The molecule has 4 heteroatoms. The van der Waals surface area contributed by atoms with Crippen molar-refractivity contribution in [3.63, 3.8) is 0 Å². The molecule has 12 heavy (non-hydrogen) atoms. The van der Waals surface area contributed by atoms with E-state index in [-0.39, 0.29) is 0 Å². The van der Waals surface area contributed by atoms with Crippen molar-refractivity contribution in [3.8, 4) is 0 Å². The van der Waals surface area contributed by atoms with Crippen LogP contribution in [0.3, 0.4) is 0 Å². The Morgan fingerprint density at radius 3 is 2.33 bits per heavy atom. The molecule has 1 fully saturated rings. The number of hydrogen-bond donors (Lipinski definition) is 0. The Balaban J connectivity index is 2.37. The van der Waals surface area contributed by atoms with E-state index in [9.17, 15) is 0 Å². The molecule has 0 aliphatic heterocycles. The van der Waals surface area contributed by atoms with Crippen LogP contribution < -0.4 is 0 Å². The van der Waals surface area contributed by atoms with Crippen LogP contribution in [-0.2, 0) is 0 Å². The standard InChI is InChI=1S/C8H15I2NS/c1-7(2)11(9)6-8(12-10)4-3-5-8/h7H,3-6H2,1-2H3. The maximum atomic E-state index is 2.46. The molecule has 1 aliphatic carbocycles. The zero-order valence-corrected chi connectivity index (χ0v) is 12.6. The van der Waals surface area contributed by atoms with Gasteiger partial charge in [0.25, 0.3) is 0 Å². The van der Waals surface area contributed by atoms with Gasteiger partial charge < -0.3 is 0 Å². The van der Waals surface area contributed by atoms with Crippen molar-refractivity contribution < 1.29 is 0 Å². The first-order chi connectivity index (χ1) is 5.59. The normalized spacial score (nSPS) is 21.5. The largest absolute Gasteiger partial charge is 0.244 e. The van der Waals surface area contributed by atoms with Gasteiger partial charge in [-0.25, -0.2) is 3.11 Å². The van der Waals surface area contributed by atoms with Crippen LogP contribution >= 0.6 is 53.0 Å². The van der Waals surface area contributed by atoms with Gasteiger partial charge in [0, 0.05) is 40.2 Å². The average molecular weight is 411 g/mol. The lowest BCUT2D eigenvalue weighted by molar-refractivity contribution is 0.286. The molecular weight excluding hydrogens is 396 g/mol. The molecule has 0 aromatic heterocycles. The van der Waals surface area contributed by atoms with Crippen LogP contribution in [0.1, 0.15) is 33.1 Å². The third-order valence-electron chi connectivity index (χ3n) is 2.43. The number of hydrogen-bond acceptors (Lipinski definition) is 2. The van der Waals surface area contributed by atoms with Gasteiger partial charge in [-0.2, -0.15) is 0 Å². The molecule has 0 radical (unpaired) electrons. The molecule has 0 aromatic carbocycles. The highest BCUT2D eigenvalue weighted by Gasteiger charge is 2.38. The fourth-order valence-corrected chi connectivity index (χ4v) is 4.54. The number of halogens is 2. The zero-order valence-electron chi connectivity index (χ0n) is 7.52. The highest BCUT2D eigenvalue weighted by atomic mass is 127. The smallest absolute Gasteiger partial charge is 0.0395 e. The van der Waals surface area contributed by atoms with E-state index in [0.29, 0.717) is 10.8 Å². The predicted octanol–water partition coefficient (Wildman–Crippen LogP) is 4.05. The maximum Gasteiger partial charge on any atom is 0.0395 e. The van der Waals surface area contributed by atoms with E-state index < -0.39 is 0 Å². The molecule has 0 heterocycles. The minimum Gasteiger partial charge on any atom is -0.244 e. The van der Waals surface area contributed by atoms with Crippen LogP contribution in [-0.4, -0.2) is 20.4 Å². The summed E-state index contributed by atoms with van der Waals surface area (Å²) in [5.41, 5.74) is 0. The van der Waals surface area contributed by atoms with Crippen molar-refractivity contribution in [3.05, 3.63) is 0 Å². The van der Waals surface area contributed by atoms with Gasteiger partial charge in [-0.3, -0.25) is 0 Å².